The molecule has 0 amide bonds. The van der Waals surface area contributed by atoms with E-state index >= 15 is 0 Å². The average molecular weight is 453 g/mol. The minimum Gasteiger partial charge on any atom is -0.368 e. The Morgan fingerprint density at radius 2 is 1.61 bits per heavy atom. The van der Waals surface area contributed by atoms with Crippen LogP contribution in [0.2, 0.25) is 5.28 Å². The van der Waals surface area contributed by atoms with Crippen molar-refractivity contribution in [3.8, 4) is 11.1 Å². The molecule has 0 saturated carbocycles. The molecule has 4 aromatic rings. The fourth-order valence-electron chi connectivity index (χ4n) is 4.09. The molecule has 0 N–H and O–H groups in total. The van der Waals surface area contributed by atoms with Gasteiger partial charge < -0.3 is 9.80 Å². The van der Waals surface area contributed by atoms with Crippen LogP contribution in [-0.4, -0.2) is 36.1 Å². The molecule has 1 aliphatic heterocycles. The van der Waals surface area contributed by atoms with E-state index in [4.69, 9.17) is 11.6 Å². The van der Waals surface area contributed by atoms with Gasteiger partial charge in [-0.1, -0.05) is 31.2 Å². The Bertz CT molecular complexity index is 1200. The maximum Gasteiger partial charge on any atom is 0.225 e. The highest BCUT2D eigenvalue weighted by molar-refractivity contribution is 7.17. The van der Waals surface area contributed by atoms with Crippen LogP contribution in [0.1, 0.15) is 12.5 Å². The SMILES string of the molecule is CCc1ccc(-c2csc3nc(Cl)nc(N4CCN(c5ccc(F)cc5)CC4)c23)cc1. The number of aromatic nitrogens is 2. The van der Waals surface area contributed by atoms with E-state index in [1.54, 1.807) is 11.3 Å². The zero-order valence-electron chi connectivity index (χ0n) is 17.2. The smallest absolute Gasteiger partial charge is 0.225 e. The molecular weight excluding hydrogens is 431 g/mol. The first-order chi connectivity index (χ1) is 15.1. The number of halogens is 2. The van der Waals surface area contributed by atoms with Gasteiger partial charge in [0.15, 0.2) is 0 Å². The van der Waals surface area contributed by atoms with Crippen molar-refractivity contribution in [2.75, 3.05) is 36.0 Å². The highest BCUT2D eigenvalue weighted by atomic mass is 35.5. The first-order valence-corrected chi connectivity index (χ1v) is 11.7. The lowest BCUT2D eigenvalue weighted by atomic mass is 10.0. The molecule has 4 nitrogen and oxygen atoms in total. The highest BCUT2D eigenvalue weighted by Crippen LogP contribution is 2.39. The van der Waals surface area contributed by atoms with Crippen molar-refractivity contribution in [3.05, 3.63) is 70.6 Å². The number of aryl methyl sites for hydroxylation is 1. The first-order valence-electron chi connectivity index (χ1n) is 10.4. The molecule has 0 aliphatic carbocycles. The van der Waals surface area contributed by atoms with Gasteiger partial charge in [-0.2, -0.15) is 4.98 Å². The van der Waals surface area contributed by atoms with Gasteiger partial charge in [0.25, 0.3) is 0 Å². The molecule has 0 unspecified atom stereocenters. The minimum atomic E-state index is -0.211. The second-order valence-corrected chi connectivity index (χ2v) is 8.84. The van der Waals surface area contributed by atoms with Gasteiger partial charge in [-0.3, -0.25) is 0 Å². The molecule has 31 heavy (non-hydrogen) atoms. The molecule has 1 aliphatic rings. The molecule has 7 heteroatoms. The Labute approximate surface area is 189 Å². The summed E-state index contributed by atoms with van der Waals surface area (Å²) in [5.74, 6) is 0.682. The van der Waals surface area contributed by atoms with Gasteiger partial charge >= 0.3 is 0 Å². The summed E-state index contributed by atoms with van der Waals surface area (Å²) in [6.45, 7) is 5.45. The number of piperazine rings is 1. The van der Waals surface area contributed by atoms with E-state index in [1.807, 2.05) is 12.1 Å². The lowest BCUT2D eigenvalue weighted by molar-refractivity contribution is 0.624. The van der Waals surface area contributed by atoms with Crippen LogP contribution in [0.15, 0.2) is 53.9 Å². The zero-order valence-corrected chi connectivity index (χ0v) is 18.8. The fourth-order valence-corrected chi connectivity index (χ4v) is 5.24. The minimum absolute atomic E-state index is 0.211. The Kier molecular flexibility index (Phi) is 5.50. The second kappa shape index (κ2) is 8.44. The third-order valence-electron chi connectivity index (χ3n) is 5.83. The normalized spacial score (nSPS) is 14.4. The largest absolute Gasteiger partial charge is 0.368 e. The molecule has 0 atom stereocenters. The molecule has 3 heterocycles. The number of anilines is 2. The number of benzene rings is 2. The van der Waals surface area contributed by atoms with Crippen molar-refractivity contribution in [1.29, 1.82) is 0 Å². The number of thiophene rings is 1. The van der Waals surface area contributed by atoms with Crippen molar-refractivity contribution >= 4 is 44.7 Å². The molecule has 0 spiro atoms. The summed E-state index contributed by atoms with van der Waals surface area (Å²) in [5.41, 5.74) is 4.68. The third kappa shape index (κ3) is 3.98. The van der Waals surface area contributed by atoms with E-state index in [0.717, 1.165) is 59.9 Å². The predicted molar refractivity (Wildman–Crippen MR) is 128 cm³/mol. The summed E-state index contributed by atoms with van der Waals surface area (Å²) < 4.78 is 13.3. The molecule has 2 aromatic heterocycles. The molecular formula is C24H22ClFN4S. The van der Waals surface area contributed by atoms with Crippen LogP contribution in [-0.2, 0) is 6.42 Å². The first kappa shape index (κ1) is 20.2. The van der Waals surface area contributed by atoms with Crippen LogP contribution in [0.3, 0.4) is 0 Å². The Morgan fingerprint density at radius 1 is 0.935 bits per heavy atom. The standard InChI is InChI=1S/C24H22ClFN4S/c1-2-16-3-5-17(6-4-16)20-15-31-23-21(20)22(27-24(25)28-23)30-13-11-29(12-14-30)19-9-7-18(26)8-10-19/h3-10,15H,2,11-14H2,1H3. The van der Waals surface area contributed by atoms with E-state index < -0.39 is 0 Å². The van der Waals surface area contributed by atoms with Gasteiger partial charge in [-0.05, 0) is 53.4 Å². The Balaban J connectivity index is 1.47. The summed E-state index contributed by atoms with van der Waals surface area (Å²) in [7, 11) is 0. The second-order valence-electron chi connectivity index (χ2n) is 7.65. The number of hydrogen-bond acceptors (Lipinski definition) is 5. The van der Waals surface area contributed by atoms with Crippen LogP contribution < -0.4 is 9.80 Å². The summed E-state index contributed by atoms with van der Waals surface area (Å²) >= 11 is 7.89. The van der Waals surface area contributed by atoms with Gasteiger partial charge in [0.05, 0.1) is 5.39 Å². The lowest BCUT2D eigenvalue weighted by Gasteiger charge is -2.37. The number of hydrogen-bond donors (Lipinski definition) is 0. The van der Waals surface area contributed by atoms with Crippen LogP contribution in [0, 0.1) is 5.82 Å². The van der Waals surface area contributed by atoms with Crippen molar-refractivity contribution in [1.82, 2.24) is 9.97 Å². The highest BCUT2D eigenvalue weighted by Gasteiger charge is 2.23. The van der Waals surface area contributed by atoms with Gasteiger partial charge in [-0.25, -0.2) is 9.37 Å². The quantitative estimate of drug-likeness (QED) is 0.353. The number of rotatable bonds is 4. The van der Waals surface area contributed by atoms with Gasteiger partial charge in [0.1, 0.15) is 16.5 Å². The lowest BCUT2D eigenvalue weighted by Crippen LogP contribution is -2.47. The van der Waals surface area contributed by atoms with Gasteiger partial charge in [0.2, 0.25) is 5.28 Å². The van der Waals surface area contributed by atoms with Gasteiger partial charge in [-0.15, -0.1) is 11.3 Å². The van der Waals surface area contributed by atoms with Crippen LogP contribution >= 0.6 is 22.9 Å². The molecule has 0 bridgehead atoms. The van der Waals surface area contributed by atoms with Crippen LogP contribution in [0.4, 0.5) is 15.9 Å². The number of nitrogens with zero attached hydrogens (tertiary/aromatic N) is 4. The fraction of sp³-hybridized carbons (Fsp3) is 0.250. The summed E-state index contributed by atoms with van der Waals surface area (Å²) in [6.07, 6.45) is 1.02. The Hall–Kier alpha value is -2.70. The Morgan fingerprint density at radius 3 is 2.29 bits per heavy atom. The zero-order chi connectivity index (χ0) is 21.4. The third-order valence-corrected chi connectivity index (χ3v) is 6.87. The molecule has 2 aromatic carbocycles. The maximum absolute atomic E-state index is 13.3. The predicted octanol–water partition coefficient (Wildman–Crippen LogP) is 6.04. The summed E-state index contributed by atoms with van der Waals surface area (Å²) in [5, 5.41) is 3.49. The average Bonchev–Trinajstić information content (AvgIpc) is 3.23. The van der Waals surface area contributed by atoms with Crippen LogP contribution in [0.25, 0.3) is 21.3 Å². The molecule has 1 fully saturated rings. The summed E-state index contributed by atoms with van der Waals surface area (Å²) in [4.78, 5) is 14.6. The summed E-state index contributed by atoms with van der Waals surface area (Å²) in [6, 6.07) is 15.4. The molecule has 0 radical (unpaired) electrons. The van der Waals surface area contributed by atoms with Crippen molar-refractivity contribution in [2.24, 2.45) is 0 Å². The van der Waals surface area contributed by atoms with Crippen LogP contribution in [0.5, 0.6) is 0 Å². The van der Waals surface area contributed by atoms with E-state index in [1.165, 1.54) is 23.3 Å². The van der Waals surface area contributed by atoms with E-state index in [9.17, 15) is 4.39 Å². The van der Waals surface area contributed by atoms with E-state index in [-0.39, 0.29) is 11.1 Å². The monoisotopic (exact) mass is 452 g/mol. The van der Waals surface area contributed by atoms with E-state index in [2.05, 4.69) is 56.3 Å². The van der Waals surface area contributed by atoms with Crippen molar-refractivity contribution in [3.63, 3.8) is 0 Å². The van der Waals surface area contributed by atoms with Gasteiger partial charge in [0, 0.05) is 42.8 Å². The molecule has 1 saturated heterocycles. The number of fused-ring (bicyclic) bond motifs is 1. The maximum atomic E-state index is 13.3. The molecule has 5 rings (SSSR count). The topological polar surface area (TPSA) is 32.3 Å². The van der Waals surface area contributed by atoms with E-state index in [0.29, 0.717) is 0 Å². The van der Waals surface area contributed by atoms with Crippen molar-refractivity contribution < 1.29 is 4.39 Å². The van der Waals surface area contributed by atoms with Crippen molar-refractivity contribution in [2.45, 2.75) is 13.3 Å². The molecule has 158 valence electrons.